The molecule has 0 N–H and O–H groups in total. The fourth-order valence-electron chi connectivity index (χ4n) is 2.37. The summed E-state index contributed by atoms with van der Waals surface area (Å²) in [4.78, 5) is 0. The topological polar surface area (TPSA) is 9.23 Å². The molecule has 0 aromatic heterocycles. The zero-order valence-corrected chi connectivity index (χ0v) is 12.8. The van der Waals surface area contributed by atoms with E-state index in [0.717, 1.165) is 16.5 Å². The number of hydrogen-bond acceptors (Lipinski definition) is 1. The molecule has 1 fully saturated rings. The van der Waals surface area contributed by atoms with Crippen LogP contribution < -0.4 is 4.74 Å². The Morgan fingerprint density at radius 2 is 2.21 bits per heavy atom. The van der Waals surface area contributed by atoms with Crippen molar-refractivity contribution >= 4 is 27.5 Å². The molecule has 0 aliphatic heterocycles. The van der Waals surface area contributed by atoms with Gasteiger partial charge in [0.1, 0.15) is 5.75 Å². The van der Waals surface area contributed by atoms with Crippen molar-refractivity contribution in [1.29, 1.82) is 0 Å². The van der Waals surface area contributed by atoms with Crippen LogP contribution >= 0.6 is 27.5 Å². The van der Waals surface area contributed by atoms with E-state index in [1.807, 2.05) is 18.2 Å². The quantitative estimate of drug-likeness (QED) is 0.659. The molecule has 106 valence electrons. The summed E-state index contributed by atoms with van der Waals surface area (Å²) in [6, 6.07) is 5.59. The van der Waals surface area contributed by atoms with Crippen molar-refractivity contribution in [2.45, 2.75) is 37.5 Å². The molecule has 5 heteroatoms. The molecule has 19 heavy (non-hydrogen) atoms. The highest BCUT2D eigenvalue weighted by molar-refractivity contribution is 9.10. The van der Waals surface area contributed by atoms with E-state index in [-0.39, 0.29) is 18.8 Å². The Morgan fingerprint density at radius 1 is 1.42 bits per heavy atom. The van der Waals surface area contributed by atoms with Crippen LogP contribution in [-0.2, 0) is 5.88 Å². The van der Waals surface area contributed by atoms with E-state index in [9.17, 15) is 8.78 Å². The van der Waals surface area contributed by atoms with Crippen molar-refractivity contribution in [3.05, 3.63) is 28.2 Å². The first-order chi connectivity index (χ1) is 9.00. The SMILES string of the molecule is FC1(F)CCCC(COc2ccc(CCl)cc2Br)C1. The van der Waals surface area contributed by atoms with Crippen LogP contribution in [0.25, 0.3) is 0 Å². The van der Waals surface area contributed by atoms with Crippen LogP contribution in [0, 0.1) is 5.92 Å². The normalized spacial score (nSPS) is 22.2. The minimum atomic E-state index is -2.52. The predicted octanol–water partition coefficient (Wildman–Crippen LogP) is 5.39. The molecule has 1 aliphatic carbocycles. The summed E-state index contributed by atoms with van der Waals surface area (Å²) in [7, 11) is 0. The van der Waals surface area contributed by atoms with Crippen molar-refractivity contribution < 1.29 is 13.5 Å². The first-order valence-corrected chi connectivity index (χ1v) is 7.68. The molecule has 0 amide bonds. The summed E-state index contributed by atoms with van der Waals surface area (Å²) >= 11 is 9.14. The molecule has 0 spiro atoms. The fourth-order valence-corrected chi connectivity index (χ4v) is 3.08. The maximum atomic E-state index is 13.3. The van der Waals surface area contributed by atoms with E-state index >= 15 is 0 Å². The van der Waals surface area contributed by atoms with Crippen LogP contribution in [0.15, 0.2) is 22.7 Å². The van der Waals surface area contributed by atoms with Crippen LogP contribution in [-0.4, -0.2) is 12.5 Å². The summed E-state index contributed by atoms with van der Waals surface area (Å²) in [5.41, 5.74) is 0.991. The molecule has 0 radical (unpaired) electrons. The van der Waals surface area contributed by atoms with Gasteiger partial charge in [0.15, 0.2) is 0 Å². The van der Waals surface area contributed by atoms with Gasteiger partial charge in [0.25, 0.3) is 0 Å². The van der Waals surface area contributed by atoms with Crippen molar-refractivity contribution in [2.24, 2.45) is 5.92 Å². The average molecular weight is 354 g/mol. The number of rotatable bonds is 4. The lowest BCUT2D eigenvalue weighted by Crippen LogP contribution is -2.29. The van der Waals surface area contributed by atoms with Crippen molar-refractivity contribution in [3.63, 3.8) is 0 Å². The average Bonchev–Trinajstić information content (AvgIpc) is 2.36. The summed E-state index contributed by atoms with van der Waals surface area (Å²) in [5, 5.41) is 0. The molecular formula is C14H16BrClF2O. The van der Waals surface area contributed by atoms with Gasteiger partial charge in [0.05, 0.1) is 11.1 Å². The Labute approximate surface area is 125 Å². The van der Waals surface area contributed by atoms with E-state index < -0.39 is 5.92 Å². The molecule has 1 saturated carbocycles. The van der Waals surface area contributed by atoms with Crippen molar-refractivity contribution in [1.82, 2.24) is 0 Å². The Bertz CT molecular complexity index is 439. The molecule has 0 heterocycles. The molecule has 1 aromatic rings. The maximum absolute atomic E-state index is 13.3. The van der Waals surface area contributed by atoms with E-state index in [4.69, 9.17) is 16.3 Å². The Morgan fingerprint density at radius 3 is 2.84 bits per heavy atom. The summed E-state index contributed by atoms with van der Waals surface area (Å²) in [5.74, 6) is -1.47. The zero-order valence-electron chi connectivity index (χ0n) is 10.5. The van der Waals surface area contributed by atoms with Crippen molar-refractivity contribution in [2.75, 3.05) is 6.61 Å². The first-order valence-electron chi connectivity index (χ1n) is 6.35. The third kappa shape index (κ3) is 4.32. The highest BCUT2D eigenvalue weighted by Gasteiger charge is 2.36. The highest BCUT2D eigenvalue weighted by atomic mass is 79.9. The largest absolute Gasteiger partial charge is 0.492 e. The van der Waals surface area contributed by atoms with Gasteiger partial charge in [-0.15, -0.1) is 11.6 Å². The number of hydrogen-bond donors (Lipinski definition) is 0. The van der Waals surface area contributed by atoms with Gasteiger partial charge < -0.3 is 4.74 Å². The molecule has 1 aromatic carbocycles. The Kier molecular flexibility index (Phi) is 5.07. The van der Waals surface area contributed by atoms with E-state index in [2.05, 4.69) is 15.9 Å². The minimum absolute atomic E-state index is 0.0115. The van der Waals surface area contributed by atoms with E-state index in [1.54, 1.807) is 0 Å². The number of alkyl halides is 3. The maximum Gasteiger partial charge on any atom is 0.248 e. The van der Waals surface area contributed by atoms with Crippen molar-refractivity contribution in [3.8, 4) is 5.75 Å². The molecule has 0 saturated heterocycles. The second kappa shape index (κ2) is 6.40. The Balaban J connectivity index is 1.91. The number of halogens is 4. The second-order valence-electron chi connectivity index (χ2n) is 5.03. The second-order valence-corrected chi connectivity index (χ2v) is 6.15. The molecule has 1 unspecified atom stereocenters. The highest BCUT2D eigenvalue weighted by Crippen LogP contribution is 2.37. The molecule has 0 bridgehead atoms. The number of benzene rings is 1. The third-order valence-corrected chi connectivity index (χ3v) is 4.30. The van der Waals surface area contributed by atoms with Gasteiger partial charge in [-0.3, -0.25) is 0 Å². The van der Waals surface area contributed by atoms with Gasteiger partial charge in [-0.1, -0.05) is 6.07 Å². The minimum Gasteiger partial charge on any atom is -0.492 e. The lowest BCUT2D eigenvalue weighted by molar-refractivity contribution is -0.0585. The number of ether oxygens (including phenoxy) is 1. The summed E-state index contributed by atoms with van der Waals surface area (Å²) < 4.78 is 33.0. The lowest BCUT2D eigenvalue weighted by atomic mass is 9.87. The third-order valence-electron chi connectivity index (χ3n) is 3.37. The summed E-state index contributed by atoms with van der Waals surface area (Å²) in [6.45, 7) is 0.342. The Hall–Kier alpha value is -0.350. The molecule has 2 rings (SSSR count). The van der Waals surface area contributed by atoms with Crippen LogP contribution in [0.5, 0.6) is 5.75 Å². The van der Waals surface area contributed by atoms with Gasteiger partial charge in [-0.25, -0.2) is 8.78 Å². The van der Waals surface area contributed by atoms with E-state index in [0.29, 0.717) is 24.7 Å². The van der Waals surface area contributed by atoms with Gasteiger partial charge in [0.2, 0.25) is 5.92 Å². The standard InChI is InChI=1S/C14H16BrClF2O/c15-12-6-10(8-16)3-4-13(12)19-9-11-2-1-5-14(17,18)7-11/h3-4,6,11H,1-2,5,7-9H2. The lowest BCUT2D eigenvalue weighted by Gasteiger charge is -2.28. The van der Waals surface area contributed by atoms with Gasteiger partial charge in [0, 0.05) is 18.7 Å². The molecule has 1 aliphatic rings. The van der Waals surface area contributed by atoms with Crippen LogP contribution in [0.3, 0.4) is 0 Å². The fraction of sp³-hybridized carbons (Fsp3) is 0.571. The first kappa shape index (κ1) is 15.0. The predicted molar refractivity (Wildman–Crippen MR) is 76.1 cm³/mol. The molecule has 1 nitrogen and oxygen atoms in total. The van der Waals surface area contributed by atoms with Gasteiger partial charge in [-0.05, 0) is 52.4 Å². The smallest absolute Gasteiger partial charge is 0.248 e. The monoisotopic (exact) mass is 352 g/mol. The zero-order chi connectivity index (χ0) is 13.9. The van der Waals surface area contributed by atoms with Crippen LogP contribution in [0.2, 0.25) is 0 Å². The molecular weight excluding hydrogens is 338 g/mol. The van der Waals surface area contributed by atoms with E-state index in [1.165, 1.54) is 0 Å². The van der Waals surface area contributed by atoms with Crippen LogP contribution in [0.1, 0.15) is 31.2 Å². The van der Waals surface area contributed by atoms with Gasteiger partial charge >= 0.3 is 0 Å². The van der Waals surface area contributed by atoms with Crippen LogP contribution in [0.4, 0.5) is 8.78 Å². The molecule has 1 atom stereocenters. The van der Waals surface area contributed by atoms with Gasteiger partial charge in [-0.2, -0.15) is 0 Å². The summed E-state index contributed by atoms with van der Waals surface area (Å²) in [6.07, 6.45) is 1.34.